The summed E-state index contributed by atoms with van der Waals surface area (Å²) < 4.78 is 0. The minimum Gasteiger partial charge on any atom is -0.356 e. The Balaban J connectivity index is 3.37. The predicted molar refractivity (Wildman–Crippen MR) is 56.5 cm³/mol. The van der Waals surface area contributed by atoms with Gasteiger partial charge in [0, 0.05) is 12.5 Å². The van der Waals surface area contributed by atoms with E-state index in [1.165, 1.54) is 6.42 Å². The second kappa shape index (κ2) is 6.93. The van der Waals surface area contributed by atoms with Gasteiger partial charge in [0.05, 0.1) is 0 Å². The summed E-state index contributed by atoms with van der Waals surface area (Å²) in [5, 5.41) is 2.95. The highest BCUT2D eigenvalue weighted by molar-refractivity contribution is 5.78. The number of carbonyl (C=O) groups excluding carboxylic acids is 1. The molecule has 1 amide bonds. The van der Waals surface area contributed by atoms with E-state index < -0.39 is 0 Å². The molecule has 1 atom stereocenters. The Labute approximate surface area is 82.1 Å². The van der Waals surface area contributed by atoms with E-state index in [0.29, 0.717) is 0 Å². The molecule has 13 heavy (non-hydrogen) atoms. The zero-order valence-corrected chi connectivity index (χ0v) is 9.39. The number of rotatable bonds is 6. The number of amides is 1. The summed E-state index contributed by atoms with van der Waals surface area (Å²) in [6, 6.07) is 0. The molecular formula is C11H23NO. The summed E-state index contributed by atoms with van der Waals surface area (Å²) >= 11 is 0. The number of carbonyl (C=O) groups is 1. The summed E-state index contributed by atoms with van der Waals surface area (Å²) in [7, 11) is 0. The molecule has 2 heteroatoms. The molecule has 0 fully saturated rings. The Morgan fingerprint density at radius 1 is 1.31 bits per heavy atom. The van der Waals surface area contributed by atoms with Gasteiger partial charge in [-0.3, -0.25) is 4.79 Å². The molecule has 0 aromatic rings. The molecule has 0 radical (unpaired) electrons. The van der Waals surface area contributed by atoms with Gasteiger partial charge in [0.2, 0.25) is 5.91 Å². The van der Waals surface area contributed by atoms with Crippen LogP contribution < -0.4 is 5.32 Å². The third kappa shape index (κ3) is 6.62. The Kier molecular flexibility index (Phi) is 6.65. The molecule has 0 bridgehead atoms. The Bertz CT molecular complexity index is 143. The monoisotopic (exact) mass is 185 g/mol. The van der Waals surface area contributed by atoms with E-state index in [4.69, 9.17) is 0 Å². The minimum absolute atomic E-state index is 0.166. The zero-order valence-electron chi connectivity index (χ0n) is 9.39. The highest BCUT2D eigenvalue weighted by Crippen LogP contribution is 2.03. The first kappa shape index (κ1) is 12.5. The predicted octanol–water partition coefficient (Wildman–Crippen LogP) is 2.58. The standard InChI is InChI=1S/C11H23NO/c1-5-10(4)11(13)12-8-6-7-9(2)3/h9-10H,5-8H2,1-4H3,(H,12,13). The zero-order chi connectivity index (χ0) is 10.3. The topological polar surface area (TPSA) is 29.1 Å². The molecule has 0 aliphatic carbocycles. The first-order chi connectivity index (χ1) is 6.07. The summed E-state index contributed by atoms with van der Waals surface area (Å²) in [4.78, 5) is 11.3. The summed E-state index contributed by atoms with van der Waals surface area (Å²) in [6.07, 6.45) is 3.22. The molecule has 0 rings (SSSR count). The molecule has 1 N–H and O–H groups in total. The Morgan fingerprint density at radius 3 is 2.38 bits per heavy atom. The third-order valence-corrected chi connectivity index (χ3v) is 2.32. The highest BCUT2D eigenvalue weighted by Gasteiger charge is 2.08. The third-order valence-electron chi connectivity index (χ3n) is 2.32. The van der Waals surface area contributed by atoms with Gasteiger partial charge in [-0.1, -0.05) is 27.7 Å². The molecular weight excluding hydrogens is 162 g/mol. The van der Waals surface area contributed by atoms with Crippen molar-refractivity contribution in [3.8, 4) is 0 Å². The van der Waals surface area contributed by atoms with Crippen molar-refractivity contribution in [1.29, 1.82) is 0 Å². The van der Waals surface area contributed by atoms with Crippen LogP contribution in [-0.4, -0.2) is 12.5 Å². The van der Waals surface area contributed by atoms with Crippen molar-refractivity contribution in [1.82, 2.24) is 5.32 Å². The molecule has 2 nitrogen and oxygen atoms in total. The van der Waals surface area contributed by atoms with E-state index in [2.05, 4.69) is 19.2 Å². The molecule has 0 aromatic heterocycles. The van der Waals surface area contributed by atoms with Crippen LogP contribution in [0.3, 0.4) is 0 Å². The van der Waals surface area contributed by atoms with Crippen molar-refractivity contribution < 1.29 is 4.79 Å². The van der Waals surface area contributed by atoms with Crippen molar-refractivity contribution >= 4 is 5.91 Å². The van der Waals surface area contributed by atoms with Crippen LogP contribution in [0.5, 0.6) is 0 Å². The summed E-state index contributed by atoms with van der Waals surface area (Å²) in [5.74, 6) is 1.10. The van der Waals surface area contributed by atoms with E-state index in [1.807, 2.05) is 13.8 Å². The Hall–Kier alpha value is -0.530. The van der Waals surface area contributed by atoms with Crippen molar-refractivity contribution in [2.24, 2.45) is 11.8 Å². The first-order valence-corrected chi connectivity index (χ1v) is 5.35. The van der Waals surface area contributed by atoms with Gasteiger partial charge >= 0.3 is 0 Å². The van der Waals surface area contributed by atoms with Gasteiger partial charge in [-0.05, 0) is 25.2 Å². The van der Waals surface area contributed by atoms with Crippen LogP contribution in [0.4, 0.5) is 0 Å². The number of nitrogens with one attached hydrogen (secondary N) is 1. The lowest BCUT2D eigenvalue weighted by Crippen LogP contribution is -2.29. The maximum Gasteiger partial charge on any atom is 0.222 e. The fourth-order valence-electron chi connectivity index (χ4n) is 1.08. The smallest absolute Gasteiger partial charge is 0.222 e. The lowest BCUT2D eigenvalue weighted by molar-refractivity contribution is -0.124. The van der Waals surface area contributed by atoms with Crippen LogP contribution in [0.25, 0.3) is 0 Å². The Morgan fingerprint density at radius 2 is 1.92 bits per heavy atom. The van der Waals surface area contributed by atoms with Gasteiger partial charge in [-0.15, -0.1) is 0 Å². The van der Waals surface area contributed by atoms with Crippen LogP contribution >= 0.6 is 0 Å². The molecule has 0 spiro atoms. The quantitative estimate of drug-likeness (QED) is 0.633. The number of hydrogen-bond acceptors (Lipinski definition) is 1. The lowest BCUT2D eigenvalue weighted by Gasteiger charge is -2.10. The maximum atomic E-state index is 11.3. The van der Waals surface area contributed by atoms with Crippen molar-refractivity contribution in [3.63, 3.8) is 0 Å². The molecule has 0 saturated heterocycles. The maximum absolute atomic E-state index is 11.3. The van der Waals surface area contributed by atoms with Gasteiger partial charge < -0.3 is 5.32 Å². The van der Waals surface area contributed by atoms with Gasteiger partial charge in [0.25, 0.3) is 0 Å². The molecule has 78 valence electrons. The van der Waals surface area contributed by atoms with E-state index in [1.54, 1.807) is 0 Å². The van der Waals surface area contributed by atoms with E-state index >= 15 is 0 Å². The fourth-order valence-corrected chi connectivity index (χ4v) is 1.08. The molecule has 0 heterocycles. The molecule has 0 aromatic carbocycles. The van der Waals surface area contributed by atoms with E-state index in [9.17, 15) is 4.79 Å². The molecule has 0 aliphatic rings. The fraction of sp³-hybridized carbons (Fsp3) is 0.909. The van der Waals surface area contributed by atoms with Gasteiger partial charge in [-0.2, -0.15) is 0 Å². The van der Waals surface area contributed by atoms with Crippen molar-refractivity contribution in [2.45, 2.75) is 47.0 Å². The SMILES string of the molecule is CCC(C)C(=O)NCCCC(C)C. The van der Waals surface area contributed by atoms with Crippen LogP contribution in [0, 0.1) is 11.8 Å². The second-order valence-electron chi connectivity index (χ2n) is 4.14. The average molecular weight is 185 g/mol. The number of hydrogen-bond donors (Lipinski definition) is 1. The van der Waals surface area contributed by atoms with Gasteiger partial charge in [0.1, 0.15) is 0 Å². The molecule has 0 aliphatic heterocycles. The summed E-state index contributed by atoms with van der Waals surface area (Å²) in [6.45, 7) is 9.25. The van der Waals surface area contributed by atoms with Crippen LogP contribution in [0.2, 0.25) is 0 Å². The highest BCUT2D eigenvalue weighted by atomic mass is 16.1. The largest absolute Gasteiger partial charge is 0.356 e. The molecule has 1 unspecified atom stereocenters. The van der Waals surface area contributed by atoms with Crippen LogP contribution in [0.15, 0.2) is 0 Å². The van der Waals surface area contributed by atoms with Crippen LogP contribution in [0.1, 0.15) is 47.0 Å². The van der Waals surface area contributed by atoms with Gasteiger partial charge in [-0.25, -0.2) is 0 Å². The summed E-state index contributed by atoms with van der Waals surface area (Å²) in [5.41, 5.74) is 0. The first-order valence-electron chi connectivity index (χ1n) is 5.35. The van der Waals surface area contributed by atoms with Crippen molar-refractivity contribution in [3.05, 3.63) is 0 Å². The molecule has 0 saturated carbocycles. The minimum atomic E-state index is 0.166. The average Bonchev–Trinajstić information content (AvgIpc) is 2.10. The van der Waals surface area contributed by atoms with Crippen molar-refractivity contribution in [2.75, 3.05) is 6.54 Å². The van der Waals surface area contributed by atoms with E-state index in [-0.39, 0.29) is 11.8 Å². The normalized spacial score (nSPS) is 13.0. The van der Waals surface area contributed by atoms with E-state index in [0.717, 1.165) is 25.3 Å². The second-order valence-corrected chi connectivity index (χ2v) is 4.14. The lowest BCUT2D eigenvalue weighted by atomic mass is 10.1. The van der Waals surface area contributed by atoms with Crippen LogP contribution in [-0.2, 0) is 4.79 Å². The van der Waals surface area contributed by atoms with Gasteiger partial charge in [0.15, 0.2) is 0 Å².